The van der Waals surface area contributed by atoms with E-state index in [1.165, 1.54) is 24.2 Å². The van der Waals surface area contributed by atoms with Crippen molar-refractivity contribution >= 4 is 22.0 Å². The lowest BCUT2D eigenvalue weighted by Gasteiger charge is -2.06. The molecule has 0 aliphatic carbocycles. The van der Waals surface area contributed by atoms with E-state index in [0.29, 0.717) is 11.2 Å². The van der Waals surface area contributed by atoms with Crippen LogP contribution in [0, 0.1) is 0 Å². The Bertz CT molecular complexity index is 724. The van der Waals surface area contributed by atoms with Gasteiger partial charge in [0.2, 0.25) is 0 Å². The molecular weight excluding hydrogens is 244 g/mol. The van der Waals surface area contributed by atoms with Crippen LogP contribution in [0.25, 0.3) is 11.2 Å². The van der Waals surface area contributed by atoms with E-state index in [2.05, 4.69) is 4.98 Å². The van der Waals surface area contributed by atoms with E-state index < -0.39 is 22.0 Å². The molecular formula is C9H12N4O3S. The van der Waals surface area contributed by atoms with Gasteiger partial charge < -0.3 is 4.57 Å². The maximum Gasteiger partial charge on any atom is 0.333 e. The van der Waals surface area contributed by atoms with Gasteiger partial charge in [-0.2, -0.15) is 0 Å². The molecule has 1 unspecified atom stereocenters. The first-order valence-corrected chi connectivity index (χ1v) is 6.57. The summed E-state index contributed by atoms with van der Waals surface area (Å²) in [6.45, 7) is 0. The van der Waals surface area contributed by atoms with Gasteiger partial charge in [-0.3, -0.25) is 13.6 Å². The molecule has 17 heavy (non-hydrogen) atoms. The van der Waals surface area contributed by atoms with Crippen molar-refractivity contribution in [2.24, 2.45) is 14.1 Å². The lowest BCUT2D eigenvalue weighted by atomic mass is 10.5. The molecule has 0 aromatic carbocycles. The molecule has 0 saturated heterocycles. The van der Waals surface area contributed by atoms with Crippen molar-refractivity contribution in [3.63, 3.8) is 0 Å². The van der Waals surface area contributed by atoms with Gasteiger partial charge in [0.25, 0.3) is 5.56 Å². The lowest BCUT2D eigenvalue weighted by Crippen LogP contribution is -2.40. The molecule has 0 bridgehead atoms. The number of aromatic nitrogens is 4. The van der Waals surface area contributed by atoms with Crippen LogP contribution in [0.1, 0.15) is 0 Å². The van der Waals surface area contributed by atoms with Crippen LogP contribution in [0.3, 0.4) is 0 Å². The van der Waals surface area contributed by atoms with E-state index >= 15 is 0 Å². The standard InChI is InChI=1S/C9H12N4O3S/c1-11-4-10-7-6(11)8(14)13(5-17(3)16)9(15)12(7)2/h4H,5H2,1-3H3. The van der Waals surface area contributed by atoms with Crippen LogP contribution in [0.4, 0.5) is 0 Å². The van der Waals surface area contributed by atoms with E-state index in [4.69, 9.17) is 0 Å². The van der Waals surface area contributed by atoms with E-state index in [1.807, 2.05) is 0 Å². The Labute approximate surface area is 98.8 Å². The van der Waals surface area contributed by atoms with Crippen molar-refractivity contribution < 1.29 is 4.21 Å². The smallest absolute Gasteiger partial charge is 0.328 e. The highest BCUT2D eigenvalue weighted by atomic mass is 32.2. The molecule has 0 spiro atoms. The summed E-state index contributed by atoms with van der Waals surface area (Å²) in [7, 11) is 1.95. The van der Waals surface area contributed by atoms with Gasteiger partial charge in [-0.1, -0.05) is 0 Å². The van der Waals surface area contributed by atoms with Crippen molar-refractivity contribution in [3.05, 3.63) is 27.2 Å². The number of nitrogens with zero attached hydrogens (tertiary/aromatic N) is 4. The first-order valence-electron chi connectivity index (χ1n) is 4.84. The molecule has 8 heteroatoms. The SMILES string of the molecule is Cn1cnc2c1c(=O)n(CS(C)=O)c(=O)n2C. The summed E-state index contributed by atoms with van der Waals surface area (Å²) in [5.74, 6) is -0.105. The number of fused-ring (bicyclic) bond motifs is 1. The Morgan fingerprint density at radius 3 is 2.59 bits per heavy atom. The summed E-state index contributed by atoms with van der Waals surface area (Å²) >= 11 is 0. The zero-order valence-corrected chi connectivity index (χ0v) is 10.5. The summed E-state index contributed by atoms with van der Waals surface area (Å²) in [6.07, 6.45) is 2.91. The molecule has 0 amide bonds. The molecule has 0 N–H and O–H groups in total. The van der Waals surface area contributed by atoms with Crippen LogP contribution in [0.2, 0.25) is 0 Å². The minimum Gasteiger partial charge on any atom is -0.328 e. The van der Waals surface area contributed by atoms with Gasteiger partial charge >= 0.3 is 5.69 Å². The predicted octanol–water partition coefficient (Wildman–Crippen LogP) is -1.23. The quantitative estimate of drug-likeness (QED) is 0.674. The molecule has 1 atom stereocenters. The van der Waals surface area contributed by atoms with Crippen LogP contribution in [0.5, 0.6) is 0 Å². The van der Waals surface area contributed by atoms with Gasteiger partial charge in [-0.25, -0.2) is 14.3 Å². The highest BCUT2D eigenvalue weighted by molar-refractivity contribution is 7.83. The van der Waals surface area contributed by atoms with Crippen molar-refractivity contribution in [2.75, 3.05) is 6.26 Å². The molecule has 2 heterocycles. The fourth-order valence-electron chi connectivity index (χ4n) is 1.69. The van der Waals surface area contributed by atoms with Crippen molar-refractivity contribution in [1.29, 1.82) is 0 Å². The Morgan fingerprint density at radius 2 is 2.00 bits per heavy atom. The molecule has 0 fully saturated rings. The third-order valence-corrected chi connectivity index (χ3v) is 3.13. The Hall–Kier alpha value is -1.70. The van der Waals surface area contributed by atoms with Gasteiger partial charge in [0.1, 0.15) is 5.88 Å². The second-order valence-corrected chi connectivity index (χ2v) is 5.21. The number of hydrogen-bond acceptors (Lipinski definition) is 4. The fraction of sp³-hybridized carbons (Fsp3) is 0.444. The average Bonchev–Trinajstić information content (AvgIpc) is 2.63. The molecule has 2 aromatic heterocycles. The first kappa shape index (κ1) is 11.8. The Morgan fingerprint density at radius 1 is 1.35 bits per heavy atom. The molecule has 2 rings (SSSR count). The van der Waals surface area contributed by atoms with E-state index in [-0.39, 0.29) is 5.88 Å². The summed E-state index contributed by atoms with van der Waals surface area (Å²) in [5, 5.41) is 0. The number of hydrogen-bond donors (Lipinski definition) is 0. The van der Waals surface area contributed by atoms with Gasteiger partial charge in [0.05, 0.1) is 6.33 Å². The Kier molecular flexibility index (Phi) is 2.74. The lowest BCUT2D eigenvalue weighted by molar-refractivity contribution is 0.653. The van der Waals surface area contributed by atoms with Crippen LogP contribution in [0.15, 0.2) is 15.9 Å². The monoisotopic (exact) mass is 256 g/mol. The zero-order chi connectivity index (χ0) is 12.7. The van der Waals surface area contributed by atoms with E-state index in [0.717, 1.165) is 4.57 Å². The summed E-state index contributed by atoms with van der Waals surface area (Å²) in [4.78, 5) is 28.0. The molecule has 0 saturated carbocycles. The number of aryl methyl sites for hydroxylation is 2. The molecule has 92 valence electrons. The zero-order valence-electron chi connectivity index (χ0n) is 9.71. The topological polar surface area (TPSA) is 78.9 Å². The first-order chi connectivity index (χ1) is 7.93. The largest absolute Gasteiger partial charge is 0.333 e. The van der Waals surface area contributed by atoms with Gasteiger partial charge in [0.15, 0.2) is 11.2 Å². The van der Waals surface area contributed by atoms with Crippen molar-refractivity contribution in [1.82, 2.24) is 18.7 Å². The minimum atomic E-state index is -1.26. The van der Waals surface area contributed by atoms with Crippen molar-refractivity contribution in [3.8, 4) is 0 Å². The van der Waals surface area contributed by atoms with Gasteiger partial charge in [0, 0.05) is 31.2 Å². The summed E-state index contributed by atoms with van der Waals surface area (Å²) in [5.41, 5.74) is -0.298. The third kappa shape index (κ3) is 1.74. The van der Waals surface area contributed by atoms with Crippen molar-refractivity contribution in [2.45, 2.75) is 5.88 Å². The average molecular weight is 256 g/mol. The summed E-state index contributed by atoms with van der Waals surface area (Å²) < 4.78 is 15.0. The van der Waals surface area contributed by atoms with Gasteiger partial charge in [-0.05, 0) is 0 Å². The summed E-state index contributed by atoms with van der Waals surface area (Å²) in [6, 6.07) is 0. The highest BCUT2D eigenvalue weighted by Gasteiger charge is 2.15. The Balaban J connectivity index is 2.94. The van der Waals surface area contributed by atoms with Crippen LogP contribution < -0.4 is 11.2 Å². The van der Waals surface area contributed by atoms with Crippen LogP contribution in [-0.4, -0.2) is 29.1 Å². The van der Waals surface area contributed by atoms with E-state index in [9.17, 15) is 13.8 Å². The van der Waals surface area contributed by atoms with Crippen LogP contribution in [-0.2, 0) is 30.8 Å². The second-order valence-electron chi connectivity index (χ2n) is 3.80. The maximum absolute atomic E-state index is 12.1. The fourth-order valence-corrected chi connectivity index (χ4v) is 2.28. The minimum absolute atomic E-state index is 0.105. The maximum atomic E-state index is 12.1. The predicted molar refractivity (Wildman–Crippen MR) is 64.3 cm³/mol. The molecule has 2 aromatic rings. The van der Waals surface area contributed by atoms with Gasteiger partial charge in [-0.15, -0.1) is 0 Å². The second kappa shape index (κ2) is 3.95. The highest BCUT2D eigenvalue weighted by Crippen LogP contribution is 2.02. The molecule has 0 radical (unpaired) electrons. The normalized spacial score (nSPS) is 13.1. The number of imidazole rings is 1. The van der Waals surface area contributed by atoms with E-state index in [1.54, 1.807) is 11.6 Å². The molecule has 0 aliphatic rings. The molecule has 7 nitrogen and oxygen atoms in total. The third-order valence-electron chi connectivity index (χ3n) is 2.51. The van der Waals surface area contributed by atoms with Crippen LogP contribution >= 0.6 is 0 Å². The number of rotatable bonds is 2. The molecule has 0 aliphatic heterocycles.